The molecule has 2 fully saturated rings. The maximum Gasteiger partial charge on any atom is 0.237 e. The van der Waals surface area contributed by atoms with Crippen LogP contribution in [0.1, 0.15) is 30.7 Å². The Bertz CT molecular complexity index is 502. The van der Waals surface area contributed by atoms with Gasteiger partial charge in [-0.1, -0.05) is 29.3 Å². The molecule has 3 nitrogen and oxygen atoms in total. The highest BCUT2D eigenvalue weighted by atomic mass is 35.5. The van der Waals surface area contributed by atoms with E-state index >= 15 is 0 Å². The van der Waals surface area contributed by atoms with Gasteiger partial charge in [0.2, 0.25) is 5.91 Å². The van der Waals surface area contributed by atoms with E-state index in [1.54, 1.807) is 6.07 Å². The van der Waals surface area contributed by atoms with Crippen LogP contribution in [0.15, 0.2) is 18.2 Å². The minimum Gasteiger partial charge on any atom is -0.352 e. The predicted octanol–water partition coefficient (Wildman–Crippen LogP) is 2.72. The molecule has 102 valence electrons. The van der Waals surface area contributed by atoms with Crippen LogP contribution in [0.25, 0.3) is 0 Å². The van der Waals surface area contributed by atoms with Gasteiger partial charge in [0.1, 0.15) is 0 Å². The van der Waals surface area contributed by atoms with Gasteiger partial charge < -0.3 is 10.6 Å². The number of hydrogen-bond acceptors (Lipinski definition) is 2. The Morgan fingerprint density at radius 1 is 1.21 bits per heavy atom. The summed E-state index contributed by atoms with van der Waals surface area (Å²) in [7, 11) is 0. The fourth-order valence-electron chi connectivity index (χ4n) is 2.60. The standard InChI is InChI=1S/C14H16Cl2N2O/c15-11-4-1-8(7-12(11)16)10-5-6-17-13(10)14(19)18-9-2-3-9/h1,4,7,9-10,13,17H,2-3,5-6H2,(H,18,19). The molecule has 1 aromatic rings. The predicted molar refractivity (Wildman–Crippen MR) is 76.8 cm³/mol. The monoisotopic (exact) mass is 298 g/mol. The van der Waals surface area contributed by atoms with Crippen LogP contribution < -0.4 is 10.6 Å². The maximum atomic E-state index is 12.2. The Balaban J connectivity index is 1.77. The van der Waals surface area contributed by atoms with Crippen molar-refractivity contribution in [3.05, 3.63) is 33.8 Å². The quantitative estimate of drug-likeness (QED) is 0.901. The SMILES string of the molecule is O=C(NC1CC1)C1NCCC1c1ccc(Cl)c(Cl)c1. The van der Waals surface area contributed by atoms with Crippen LogP contribution >= 0.6 is 23.2 Å². The lowest BCUT2D eigenvalue weighted by Crippen LogP contribution is -2.44. The summed E-state index contributed by atoms with van der Waals surface area (Å²) < 4.78 is 0. The zero-order valence-electron chi connectivity index (χ0n) is 10.5. The second-order valence-corrected chi connectivity index (χ2v) is 6.10. The molecule has 0 aromatic heterocycles. The highest BCUT2D eigenvalue weighted by Crippen LogP contribution is 2.32. The van der Waals surface area contributed by atoms with Crippen LogP contribution in [-0.2, 0) is 4.79 Å². The second kappa shape index (κ2) is 5.31. The fraction of sp³-hybridized carbons (Fsp3) is 0.500. The first kappa shape index (κ1) is 13.2. The molecule has 1 saturated carbocycles. The molecule has 5 heteroatoms. The topological polar surface area (TPSA) is 41.1 Å². The Hall–Kier alpha value is -0.770. The molecule has 2 aliphatic rings. The Labute approximate surface area is 122 Å². The van der Waals surface area contributed by atoms with Gasteiger partial charge in [-0.3, -0.25) is 4.79 Å². The van der Waals surface area contributed by atoms with E-state index < -0.39 is 0 Å². The van der Waals surface area contributed by atoms with Gasteiger partial charge in [0.25, 0.3) is 0 Å². The van der Waals surface area contributed by atoms with Crippen molar-refractivity contribution in [1.82, 2.24) is 10.6 Å². The largest absolute Gasteiger partial charge is 0.352 e. The van der Waals surface area contributed by atoms with Gasteiger partial charge in [0.05, 0.1) is 16.1 Å². The van der Waals surface area contributed by atoms with Gasteiger partial charge in [-0.25, -0.2) is 0 Å². The summed E-state index contributed by atoms with van der Waals surface area (Å²) in [6.07, 6.45) is 3.16. The fourth-order valence-corrected chi connectivity index (χ4v) is 2.91. The molecule has 19 heavy (non-hydrogen) atoms. The zero-order valence-corrected chi connectivity index (χ0v) is 12.0. The molecule has 2 N–H and O–H groups in total. The number of nitrogens with one attached hydrogen (secondary N) is 2. The van der Waals surface area contributed by atoms with Crippen molar-refractivity contribution in [2.75, 3.05) is 6.54 Å². The van der Waals surface area contributed by atoms with Gasteiger partial charge in [0.15, 0.2) is 0 Å². The minimum absolute atomic E-state index is 0.107. The van der Waals surface area contributed by atoms with Gasteiger partial charge in [-0.05, 0) is 43.5 Å². The van der Waals surface area contributed by atoms with E-state index in [2.05, 4.69) is 10.6 Å². The van der Waals surface area contributed by atoms with Crippen molar-refractivity contribution in [1.29, 1.82) is 0 Å². The first-order chi connectivity index (χ1) is 9.15. The molecule has 2 unspecified atom stereocenters. The van der Waals surface area contributed by atoms with Crippen LogP contribution in [0, 0.1) is 0 Å². The lowest BCUT2D eigenvalue weighted by molar-refractivity contribution is -0.123. The number of benzene rings is 1. The third-order valence-electron chi connectivity index (χ3n) is 3.80. The van der Waals surface area contributed by atoms with E-state index in [0.717, 1.165) is 31.4 Å². The van der Waals surface area contributed by atoms with Crippen molar-refractivity contribution in [2.24, 2.45) is 0 Å². The Morgan fingerprint density at radius 3 is 2.68 bits per heavy atom. The number of rotatable bonds is 3. The van der Waals surface area contributed by atoms with E-state index in [9.17, 15) is 4.79 Å². The van der Waals surface area contributed by atoms with Crippen LogP contribution in [0.3, 0.4) is 0 Å². The minimum atomic E-state index is -0.155. The van der Waals surface area contributed by atoms with E-state index in [0.29, 0.717) is 16.1 Å². The zero-order chi connectivity index (χ0) is 13.4. The van der Waals surface area contributed by atoms with Gasteiger partial charge in [0, 0.05) is 12.0 Å². The number of carbonyl (C=O) groups excluding carboxylic acids is 1. The van der Waals surface area contributed by atoms with Crippen molar-refractivity contribution in [3.8, 4) is 0 Å². The van der Waals surface area contributed by atoms with Crippen LogP contribution in [0.4, 0.5) is 0 Å². The van der Waals surface area contributed by atoms with Gasteiger partial charge in [-0.15, -0.1) is 0 Å². The molecule has 0 spiro atoms. The molecular formula is C14H16Cl2N2O. The van der Waals surface area contributed by atoms with Crippen LogP contribution in [0.2, 0.25) is 10.0 Å². The van der Waals surface area contributed by atoms with E-state index in [4.69, 9.17) is 23.2 Å². The summed E-state index contributed by atoms with van der Waals surface area (Å²) in [5, 5.41) is 7.44. The summed E-state index contributed by atoms with van der Waals surface area (Å²) in [5.74, 6) is 0.282. The molecule has 1 amide bonds. The molecular weight excluding hydrogens is 283 g/mol. The molecule has 0 bridgehead atoms. The average molecular weight is 299 g/mol. The Kier molecular flexibility index (Phi) is 3.70. The average Bonchev–Trinajstić information content (AvgIpc) is 3.06. The van der Waals surface area contributed by atoms with E-state index in [-0.39, 0.29) is 17.9 Å². The molecule has 1 aliphatic heterocycles. The van der Waals surface area contributed by atoms with Crippen molar-refractivity contribution < 1.29 is 4.79 Å². The van der Waals surface area contributed by atoms with Crippen molar-refractivity contribution >= 4 is 29.1 Å². The van der Waals surface area contributed by atoms with E-state index in [1.165, 1.54) is 0 Å². The van der Waals surface area contributed by atoms with Crippen molar-refractivity contribution in [3.63, 3.8) is 0 Å². The number of carbonyl (C=O) groups is 1. The van der Waals surface area contributed by atoms with Gasteiger partial charge in [-0.2, -0.15) is 0 Å². The van der Waals surface area contributed by atoms with Gasteiger partial charge >= 0.3 is 0 Å². The summed E-state index contributed by atoms with van der Waals surface area (Å²) in [6.45, 7) is 0.855. The summed E-state index contributed by atoms with van der Waals surface area (Å²) >= 11 is 12.0. The summed E-state index contributed by atoms with van der Waals surface area (Å²) in [6, 6.07) is 5.87. The molecule has 0 radical (unpaired) electrons. The van der Waals surface area contributed by atoms with Crippen LogP contribution in [-0.4, -0.2) is 24.5 Å². The first-order valence-corrected chi connectivity index (χ1v) is 7.39. The Morgan fingerprint density at radius 2 is 2.00 bits per heavy atom. The molecule has 3 rings (SSSR count). The highest BCUT2D eigenvalue weighted by Gasteiger charge is 2.36. The van der Waals surface area contributed by atoms with Crippen molar-refractivity contribution in [2.45, 2.75) is 37.3 Å². The lowest BCUT2D eigenvalue weighted by Gasteiger charge is -2.19. The maximum absolute atomic E-state index is 12.2. The third kappa shape index (κ3) is 2.88. The smallest absolute Gasteiger partial charge is 0.237 e. The summed E-state index contributed by atoms with van der Waals surface area (Å²) in [5.41, 5.74) is 1.08. The lowest BCUT2D eigenvalue weighted by atomic mass is 9.91. The molecule has 1 heterocycles. The van der Waals surface area contributed by atoms with Crippen LogP contribution in [0.5, 0.6) is 0 Å². The number of hydrogen-bond donors (Lipinski definition) is 2. The normalized spacial score (nSPS) is 26.4. The molecule has 1 aromatic carbocycles. The molecule has 1 aliphatic carbocycles. The first-order valence-electron chi connectivity index (χ1n) is 6.64. The summed E-state index contributed by atoms with van der Waals surface area (Å²) in [4.78, 5) is 12.2. The molecule has 2 atom stereocenters. The number of amides is 1. The number of halogens is 2. The second-order valence-electron chi connectivity index (χ2n) is 5.28. The van der Waals surface area contributed by atoms with E-state index in [1.807, 2.05) is 12.1 Å². The molecule has 1 saturated heterocycles. The third-order valence-corrected chi connectivity index (χ3v) is 4.54. The highest BCUT2D eigenvalue weighted by molar-refractivity contribution is 6.42.